The molecule has 9 nitrogen and oxygen atoms in total. The first-order valence-electron chi connectivity index (χ1n) is 8.71. The van der Waals surface area contributed by atoms with Gasteiger partial charge in [-0.15, -0.1) is 0 Å². The van der Waals surface area contributed by atoms with Crippen molar-refractivity contribution in [2.75, 3.05) is 6.61 Å². The Hall–Kier alpha value is -2.97. The highest BCUT2D eigenvalue weighted by Crippen LogP contribution is 2.25. The molecule has 1 aromatic rings. The third-order valence-corrected chi connectivity index (χ3v) is 3.28. The maximum Gasteiger partial charge on any atom is 0.408 e. The molecule has 1 rings (SSSR count). The Labute approximate surface area is 163 Å². The number of aromatic hydroxyl groups is 2. The van der Waals surface area contributed by atoms with E-state index in [0.29, 0.717) is 5.56 Å². The Morgan fingerprint density at radius 2 is 1.79 bits per heavy atom. The van der Waals surface area contributed by atoms with E-state index >= 15 is 0 Å². The molecule has 2 atom stereocenters. The predicted octanol–water partition coefficient (Wildman–Crippen LogP) is 2.03. The van der Waals surface area contributed by atoms with Crippen LogP contribution >= 0.6 is 0 Å². The fourth-order valence-corrected chi connectivity index (χ4v) is 2.19. The van der Waals surface area contributed by atoms with Gasteiger partial charge in [0.15, 0.2) is 11.5 Å². The van der Waals surface area contributed by atoms with Gasteiger partial charge in [0, 0.05) is 13.3 Å². The molecule has 0 spiro atoms. The zero-order valence-corrected chi connectivity index (χ0v) is 16.6. The van der Waals surface area contributed by atoms with Crippen molar-refractivity contribution in [3.8, 4) is 11.5 Å². The van der Waals surface area contributed by atoms with E-state index in [1.165, 1.54) is 25.1 Å². The Bertz CT molecular complexity index is 710. The largest absolute Gasteiger partial charge is 0.504 e. The molecule has 3 N–H and O–H groups in total. The van der Waals surface area contributed by atoms with E-state index in [1.54, 1.807) is 27.7 Å². The maximum absolute atomic E-state index is 12.4. The molecule has 0 aliphatic rings. The normalized spacial score (nSPS) is 13.2. The summed E-state index contributed by atoms with van der Waals surface area (Å²) in [4.78, 5) is 35.4. The third-order valence-electron chi connectivity index (χ3n) is 3.28. The van der Waals surface area contributed by atoms with Crippen LogP contribution in [0.5, 0.6) is 11.5 Å². The summed E-state index contributed by atoms with van der Waals surface area (Å²) in [5.74, 6) is -1.94. The highest BCUT2D eigenvalue weighted by atomic mass is 16.6. The number of carbonyl (C=O) groups excluding carboxylic acids is 3. The minimum atomic E-state index is -1.12. The van der Waals surface area contributed by atoms with Gasteiger partial charge in [-0.25, -0.2) is 9.59 Å². The number of esters is 2. The van der Waals surface area contributed by atoms with Crippen molar-refractivity contribution in [2.24, 2.45) is 0 Å². The zero-order valence-electron chi connectivity index (χ0n) is 16.6. The monoisotopic (exact) mass is 397 g/mol. The fraction of sp³-hybridized carbons (Fsp3) is 0.526. The lowest BCUT2D eigenvalue weighted by molar-refractivity contribution is -0.157. The van der Waals surface area contributed by atoms with Gasteiger partial charge in [-0.2, -0.15) is 0 Å². The average Bonchev–Trinajstić information content (AvgIpc) is 2.53. The molecule has 0 aliphatic heterocycles. The van der Waals surface area contributed by atoms with Crippen LogP contribution in [0.3, 0.4) is 0 Å². The number of phenols is 2. The van der Waals surface area contributed by atoms with Crippen LogP contribution in [-0.2, 0) is 30.2 Å². The molecule has 28 heavy (non-hydrogen) atoms. The molecular weight excluding hydrogens is 370 g/mol. The van der Waals surface area contributed by atoms with Gasteiger partial charge >= 0.3 is 18.0 Å². The summed E-state index contributed by atoms with van der Waals surface area (Å²) in [6, 6.07) is 2.91. The number of ether oxygens (including phenoxy) is 3. The Morgan fingerprint density at radius 3 is 2.32 bits per heavy atom. The first-order chi connectivity index (χ1) is 12.9. The van der Waals surface area contributed by atoms with Crippen LogP contribution in [0.25, 0.3) is 0 Å². The molecular formula is C19H27NO8. The van der Waals surface area contributed by atoms with E-state index in [-0.39, 0.29) is 24.5 Å². The average molecular weight is 397 g/mol. The number of hydrogen-bond donors (Lipinski definition) is 3. The van der Waals surface area contributed by atoms with Crippen molar-refractivity contribution in [2.45, 2.75) is 58.8 Å². The second kappa shape index (κ2) is 9.82. The molecule has 0 saturated carbocycles. The Kier molecular flexibility index (Phi) is 8.09. The summed E-state index contributed by atoms with van der Waals surface area (Å²) in [5.41, 5.74) is -0.291. The summed E-state index contributed by atoms with van der Waals surface area (Å²) in [7, 11) is 0. The number of benzene rings is 1. The molecule has 0 bridgehead atoms. The Morgan fingerprint density at radius 1 is 1.14 bits per heavy atom. The van der Waals surface area contributed by atoms with Crippen LogP contribution in [0.4, 0.5) is 4.79 Å². The molecule has 0 aliphatic carbocycles. The Balaban J connectivity index is 2.86. The molecule has 0 heterocycles. The summed E-state index contributed by atoms with van der Waals surface area (Å²) in [5, 5.41) is 21.5. The summed E-state index contributed by atoms with van der Waals surface area (Å²) >= 11 is 0. The lowest BCUT2D eigenvalue weighted by atomic mass is 10.1. The van der Waals surface area contributed by atoms with E-state index in [4.69, 9.17) is 14.2 Å². The molecule has 1 amide bonds. The van der Waals surface area contributed by atoms with Crippen LogP contribution in [0.2, 0.25) is 0 Å². The van der Waals surface area contributed by atoms with Crippen molar-refractivity contribution in [3.05, 3.63) is 23.8 Å². The fourth-order valence-electron chi connectivity index (χ4n) is 2.19. The first-order valence-corrected chi connectivity index (χ1v) is 8.71. The van der Waals surface area contributed by atoms with Crippen LogP contribution < -0.4 is 5.32 Å². The van der Waals surface area contributed by atoms with Crippen LogP contribution in [0, 0.1) is 0 Å². The van der Waals surface area contributed by atoms with Gasteiger partial charge in [-0.1, -0.05) is 6.07 Å². The topological polar surface area (TPSA) is 131 Å². The second-order valence-corrected chi connectivity index (χ2v) is 7.28. The summed E-state index contributed by atoms with van der Waals surface area (Å²) < 4.78 is 15.2. The van der Waals surface area contributed by atoms with Crippen molar-refractivity contribution >= 4 is 18.0 Å². The van der Waals surface area contributed by atoms with Crippen molar-refractivity contribution in [1.82, 2.24) is 5.32 Å². The number of hydrogen-bond acceptors (Lipinski definition) is 8. The van der Waals surface area contributed by atoms with Gasteiger partial charge in [0.25, 0.3) is 0 Å². The summed E-state index contributed by atoms with van der Waals surface area (Å²) in [6.07, 6.45) is -1.49. The predicted molar refractivity (Wildman–Crippen MR) is 98.8 cm³/mol. The first kappa shape index (κ1) is 23.1. The van der Waals surface area contributed by atoms with Gasteiger partial charge < -0.3 is 29.7 Å². The minimum Gasteiger partial charge on any atom is -0.504 e. The second-order valence-electron chi connectivity index (χ2n) is 7.28. The van der Waals surface area contributed by atoms with Gasteiger partial charge in [0.2, 0.25) is 0 Å². The lowest BCUT2D eigenvalue weighted by Gasteiger charge is -2.23. The molecule has 0 saturated heterocycles. The number of amides is 1. The highest BCUT2D eigenvalue weighted by Gasteiger charge is 2.27. The van der Waals surface area contributed by atoms with E-state index in [1.807, 2.05) is 0 Å². The number of nitrogens with one attached hydrogen (secondary N) is 1. The van der Waals surface area contributed by atoms with Crippen LogP contribution in [0.15, 0.2) is 18.2 Å². The zero-order chi connectivity index (χ0) is 21.5. The summed E-state index contributed by atoms with van der Waals surface area (Å²) in [6.45, 7) is 7.65. The molecule has 0 radical (unpaired) electrons. The molecule has 156 valence electrons. The van der Waals surface area contributed by atoms with Gasteiger partial charge in [0.1, 0.15) is 24.4 Å². The van der Waals surface area contributed by atoms with Gasteiger partial charge in [0.05, 0.1) is 0 Å². The van der Waals surface area contributed by atoms with Crippen molar-refractivity contribution in [3.63, 3.8) is 0 Å². The van der Waals surface area contributed by atoms with E-state index < -0.39 is 35.8 Å². The maximum atomic E-state index is 12.4. The van der Waals surface area contributed by atoms with Crippen molar-refractivity contribution in [1.29, 1.82) is 0 Å². The SMILES string of the molecule is CC(=O)OC(C)COC(=O)[C@H](Cc1ccc(O)c(O)c1)NC(=O)OC(C)(C)C. The number of phenolic OH excluding ortho intramolecular Hbond substituents is 2. The smallest absolute Gasteiger partial charge is 0.408 e. The molecule has 0 fully saturated rings. The molecule has 9 heteroatoms. The molecule has 1 aromatic carbocycles. The van der Waals surface area contributed by atoms with Crippen LogP contribution in [0.1, 0.15) is 40.2 Å². The standard InChI is InChI=1S/C19H27NO8/c1-11(27-12(2)21)10-26-17(24)14(20-18(25)28-19(3,4)5)8-13-6-7-15(22)16(23)9-13/h6-7,9,11,14,22-23H,8,10H2,1-5H3,(H,20,25)/t11?,14-/m0/s1. The van der Waals surface area contributed by atoms with E-state index in [0.717, 1.165) is 0 Å². The van der Waals surface area contributed by atoms with E-state index in [2.05, 4.69) is 5.32 Å². The van der Waals surface area contributed by atoms with Gasteiger partial charge in [-0.05, 0) is 45.4 Å². The molecule has 0 aromatic heterocycles. The minimum absolute atomic E-state index is 0.0200. The lowest BCUT2D eigenvalue weighted by Crippen LogP contribution is -2.46. The van der Waals surface area contributed by atoms with E-state index in [9.17, 15) is 24.6 Å². The molecule has 1 unspecified atom stereocenters. The van der Waals surface area contributed by atoms with Gasteiger partial charge in [-0.3, -0.25) is 4.79 Å². The number of carbonyl (C=O) groups is 3. The van der Waals surface area contributed by atoms with Crippen molar-refractivity contribution < 1.29 is 38.8 Å². The number of rotatable bonds is 7. The van der Waals surface area contributed by atoms with Crippen LogP contribution in [-0.4, -0.2) is 52.6 Å². The number of alkyl carbamates (subject to hydrolysis) is 1. The third kappa shape index (κ3) is 8.61. The quantitative estimate of drug-likeness (QED) is 0.362. The highest BCUT2D eigenvalue weighted by molar-refractivity contribution is 5.81.